The Balaban J connectivity index is 1.89. The van der Waals surface area contributed by atoms with Gasteiger partial charge in [0.1, 0.15) is 4.90 Å². The molecule has 0 saturated heterocycles. The summed E-state index contributed by atoms with van der Waals surface area (Å²) in [6.07, 6.45) is 4.11. The van der Waals surface area contributed by atoms with Gasteiger partial charge in [-0.05, 0) is 43.0 Å². The zero-order valence-electron chi connectivity index (χ0n) is 12.4. The number of aryl methyl sites for hydroxylation is 2. The van der Waals surface area contributed by atoms with Crippen LogP contribution in [0.3, 0.4) is 0 Å². The standard InChI is InChI=1S/C15H15N3O4S/c1-9-7-11(8-17-13(9)15(19)20)23(21,22)18-12-5-4-10-3-2-6-16-14(10)12/h2-3,6-8,12,18H,4-5H2,1H3,(H,19,20). The van der Waals surface area contributed by atoms with Gasteiger partial charge < -0.3 is 5.11 Å². The fourth-order valence-corrected chi connectivity index (χ4v) is 3.97. The van der Waals surface area contributed by atoms with Crippen LogP contribution in [0.2, 0.25) is 0 Å². The molecule has 0 bridgehead atoms. The van der Waals surface area contributed by atoms with Gasteiger partial charge in [0, 0.05) is 12.4 Å². The van der Waals surface area contributed by atoms with E-state index >= 15 is 0 Å². The van der Waals surface area contributed by atoms with Crippen molar-refractivity contribution in [2.24, 2.45) is 0 Å². The summed E-state index contributed by atoms with van der Waals surface area (Å²) in [6.45, 7) is 1.52. The molecule has 0 radical (unpaired) electrons. The molecule has 0 amide bonds. The number of aromatic nitrogens is 2. The molecule has 0 fully saturated rings. The van der Waals surface area contributed by atoms with Gasteiger partial charge in [-0.25, -0.2) is 22.9 Å². The van der Waals surface area contributed by atoms with E-state index in [1.165, 1.54) is 13.0 Å². The maximum atomic E-state index is 12.5. The highest BCUT2D eigenvalue weighted by Crippen LogP contribution is 2.30. The maximum Gasteiger partial charge on any atom is 0.354 e. The smallest absolute Gasteiger partial charge is 0.354 e. The molecule has 7 nitrogen and oxygen atoms in total. The predicted octanol–water partition coefficient (Wildman–Crippen LogP) is 1.45. The van der Waals surface area contributed by atoms with E-state index in [1.54, 1.807) is 6.20 Å². The van der Waals surface area contributed by atoms with Crippen molar-refractivity contribution >= 4 is 16.0 Å². The van der Waals surface area contributed by atoms with E-state index in [1.807, 2.05) is 12.1 Å². The van der Waals surface area contributed by atoms with Gasteiger partial charge >= 0.3 is 5.97 Å². The van der Waals surface area contributed by atoms with Crippen LogP contribution in [0.5, 0.6) is 0 Å². The minimum atomic E-state index is -3.80. The molecule has 0 spiro atoms. The Labute approximate surface area is 133 Å². The van der Waals surface area contributed by atoms with Crippen molar-refractivity contribution in [2.45, 2.75) is 30.7 Å². The van der Waals surface area contributed by atoms with Crippen LogP contribution in [0, 0.1) is 6.92 Å². The third-order valence-electron chi connectivity index (χ3n) is 3.82. The molecule has 1 atom stereocenters. The van der Waals surface area contributed by atoms with Crippen molar-refractivity contribution in [3.63, 3.8) is 0 Å². The summed E-state index contributed by atoms with van der Waals surface area (Å²) in [6, 6.07) is 4.70. The Kier molecular flexibility index (Phi) is 3.87. The zero-order valence-corrected chi connectivity index (χ0v) is 13.2. The number of rotatable bonds is 4. The van der Waals surface area contributed by atoms with Crippen LogP contribution in [-0.4, -0.2) is 29.5 Å². The first kappa shape index (κ1) is 15.6. The predicted molar refractivity (Wildman–Crippen MR) is 81.6 cm³/mol. The highest BCUT2D eigenvalue weighted by Gasteiger charge is 2.29. The molecule has 8 heteroatoms. The Hall–Kier alpha value is -2.32. The Morgan fingerprint density at radius 1 is 1.39 bits per heavy atom. The van der Waals surface area contributed by atoms with Crippen LogP contribution < -0.4 is 4.72 Å². The van der Waals surface area contributed by atoms with E-state index < -0.39 is 16.0 Å². The van der Waals surface area contributed by atoms with Gasteiger partial charge in [-0.15, -0.1) is 0 Å². The van der Waals surface area contributed by atoms with Gasteiger partial charge in [0.2, 0.25) is 10.0 Å². The number of sulfonamides is 1. The second-order valence-corrected chi connectivity index (χ2v) is 7.12. The molecule has 1 aliphatic rings. The topological polar surface area (TPSA) is 109 Å². The highest BCUT2D eigenvalue weighted by atomic mass is 32.2. The van der Waals surface area contributed by atoms with E-state index in [0.29, 0.717) is 12.0 Å². The molecule has 2 heterocycles. The summed E-state index contributed by atoms with van der Waals surface area (Å²) in [4.78, 5) is 18.9. The molecule has 0 aromatic carbocycles. The van der Waals surface area contributed by atoms with Crippen LogP contribution in [0.15, 0.2) is 35.5 Å². The third-order valence-corrected chi connectivity index (χ3v) is 5.26. The van der Waals surface area contributed by atoms with Crippen LogP contribution in [0.25, 0.3) is 0 Å². The quantitative estimate of drug-likeness (QED) is 0.876. The fraction of sp³-hybridized carbons (Fsp3) is 0.267. The lowest BCUT2D eigenvalue weighted by atomic mass is 10.2. The first-order valence-electron chi connectivity index (χ1n) is 7.04. The molecule has 0 aliphatic heterocycles. The minimum absolute atomic E-state index is 0.0515. The summed E-state index contributed by atoms with van der Waals surface area (Å²) in [5, 5.41) is 8.96. The molecule has 0 saturated carbocycles. The van der Waals surface area contributed by atoms with Gasteiger partial charge in [0.05, 0.1) is 11.7 Å². The number of nitrogens with one attached hydrogen (secondary N) is 1. The Bertz CT molecular complexity index is 880. The van der Waals surface area contributed by atoms with Gasteiger partial charge in [0.15, 0.2) is 5.69 Å². The number of hydrogen-bond donors (Lipinski definition) is 2. The SMILES string of the molecule is Cc1cc(S(=O)(=O)NC2CCc3cccnc32)cnc1C(=O)O. The van der Waals surface area contributed by atoms with E-state index in [2.05, 4.69) is 14.7 Å². The molecule has 1 unspecified atom stereocenters. The second-order valence-electron chi connectivity index (χ2n) is 5.40. The van der Waals surface area contributed by atoms with Crippen molar-refractivity contribution in [1.29, 1.82) is 0 Å². The largest absolute Gasteiger partial charge is 0.477 e. The molecule has 2 aromatic rings. The van der Waals surface area contributed by atoms with Crippen molar-refractivity contribution in [3.8, 4) is 0 Å². The Morgan fingerprint density at radius 2 is 2.17 bits per heavy atom. The van der Waals surface area contributed by atoms with Crippen molar-refractivity contribution in [2.75, 3.05) is 0 Å². The summed E-state index contributed by atoms with van der Waals surface area (Å²) >= 11 is 0. The van der Waals surface area contributed by atoms with Crippen molar-refractivity contribution in [1.82, 2.24) is 14.7 Å². The van der Waals surface area contributed by atoms with E-state index in [4.69, 9.17) is 5.11 Å². The lowest BCUT2D eigenvalue weighted by Gasteiger charge is -2.14. The normalized spacial score (nSPS) is 17.0. The minimum Gasteiger partial charge on any atom is -0.477 e. The summed E-state index contributed by atoms with van der Waals surface area (Å²) in [5.74, 6) is -1.19. The number of carboxylic acids is 1. The van der Waals surface area contributed by atoms with Crippen LogP contribution in [0.1, 0.15) is 39.8 Å². The van der Waals surface area contributed by atoms with Crippen molar-refractivity contribution < 1.29 is 18.3 Å². The fourth-order valence-electron chi connectivity index (χ4n) is 2.70. The van der Waals surface area contributed by atoms with Crippen molar-refractivity contribution in [3.05, 3.63) is 53.1 Å². The summed E-state index contributed by atoms with van der Waals surface area (Å²) < 4.78 is 27.6. The number of carbonyl (C=O) groups is 1. The highest BCUT2D eigenvalue weighted by molar-refractivity contribution is 7.89. The molecule has 3 rings (SSSR count). The van der Waals surface area contributed by atoms with E-state index in [0.717, 1.165) is 23.9 Å². The molecule has 2 aromatic heterocycles. The van der Waals surface area contributed by atoms with Gasteiger partial charge in [-0.2, -0.15) is 0 Å². The number of nitrogens with zero attached hydrogens (tertiary/aromatic N) is 2. The van der Waals surface area contributed by atoms with Gasteiger partial charge in [-0.1, -0.05) is 6.07 Å². The number of carboxylic acid groups (broad SMARTS) is 1. The number of fused-ring (bicyclic) bond motifs is 1. The monoisotopic (exact) mass is 333 g/mol. The first-order valence-corrected chi connectivity index (χ1v) is 8.53. The van der Waals surface area contributed by atoms with E-state index in [-0.39, 0.29) is 16.6 Å². The number of hydrogen-bond acceptors (Lipinski definition) is 5. The zero-order chi connectivity index (χ0) is 16.6. The average Bonchev–Trinajstić information content (AvgIpc) is 2.89. The van der Waals surface area contributed by atoms with Crippen LogP contribution >= 0.6 is 0 Å². The first-order chi connectivity index (χ1) is 10.9. The number of pyridine rings is 2. The molecule has 120 valence electrons. The van der Waals surface area contributed by atoms with Gasteiger partial charge in [-0.3, -0.25) is 4.98 Å². The molecule has 1 aliphatic carbocycles. The Morgan fingerprint density at radius 3 is 2.87 bits per heavy atom. The maximum absolute atomic E-state index is 12.5. The van der Waals surface area contributed by atoms with E-state index in [9.17, 15) is 13.2 Å². The summed E-state index contributed by atoms with van der Waals surface area (Å²) in [7, 11) is -3.80. The molecular formula is C15H15N3O4S. The second kappa shape index (κ2) is 5.71. The lowest BCUT2D eigenvalue weighted by molar-refractivity contribution is 0.0689. The van der Waals surface area contributed by atoms with Crippen LogP contribution in [-0.2, 0) is 16.4 Å². The van der Waals surface area contributed by atoms with Gasteiger partial charge in [0.25, 0.3) is 0 Å². The molecule has 2 N–H and O–H groups in total. The summed E-state index contributed by atoms with van der Waals surface area (Å²) in [5.41, 5.74) is 1.92. The van der Waals surface area contributed by atoms with Crippen LogP contribution in [0.4, 0.5) is 0 Å². The molecule has 23 heavy (non-hydrogen) atoms. The third kappa shape index (κ3) is 2.95. The average molecular weight is 333 g/mol. The lowest BCUT2D eigenvalue weighted by Crippen LogP contribution is -2.28. The molecular weight excluding hydrogens is 318 g/mol. The number of aromatic carboxylic acids is 1.